The van der Waals surface area contributed by atoms with Crippen LogP contribution in [0.25, 0.3) is 10.9 Å². The molecule has 114 valence electrons. The fourth-order valence-electron chi connectivity index (χ4n) is 2.96. The molecule has 0 bridgehead atoms. The van der Waals surface area contributed by atoms with E-state index in [2.05, 4.69) is 0 Å². The number of rotatable bonds is 2. The van der Waals surface area contributed by atoms with Gasteiger partial charge in [-0.3, -0.25) is 0 Å². The van der Waals surface area contributed by atoms with E-state index in [1.165, 1.54) is 18.3 Å². The normalized spacial score (nSPS) is 12.0. The van der Waals surface area contributed by atoms with Crippen molar-refractivity contribution in [2.75, 3.05) is 0 Å². The van der Waals surface area contributed by atoms with Crippen molar-refractivity contribution in [3.63, 3.8) is 0 Å². The van der Waals surface area contributed by atoms with E-state index in [9.17, 15) is 12.8 Å². The Kier molecular flexibility index (Phi) is 3.33. The van der Waals surface area contributed by atoms with E-state index in [0.29, 0.717) is 22.0 Å². The average Bonchev–Trinajstić information content (AvgIpc) is 2.80. The van der Waals surface area contributed by atoms with Crippen LogP contribution in [0.5, 0.6) is 0 Å². The summed E-state index contributed by atoms with van der Waals surface area (Å²) in [5.74, 6) is -0.458. The van der Waals surface area contributed by atoms with Gasteiger partial charge in [-0.25, -0.2) is 16.8 Å². The summed E-state index contributed by atoms with van der Waals surface area (Å²) in [6.45, 7) is 5.48. The molecule has 22 heavy (non-hydrogen) atoms. The summed E-state index contributed by atoms with van der Waals surface area (Å²) in [6, 6.07) is 9.49. The molecule has 0 radical (unpaired) electrons. The predicted molar refractivity (Wildman–Crippen MR) is 85.1 cm³/mol. The fourth-order valence-corrected chi connectivity index (χ4v) is 4.72. The fraction of sp³-hybridized carbons (Fsp3) is 0.176. The van der Waals surface area contributed by atoms with Crippen molar-refractivity contribution in [2.45, 2.75) is 25.7 Å². The van der Waals surface area contributed by atoms with Gasteiger partial charge in [-0.05, 0) is 56.2 Å². The lowest BCUT2D eigenvalue weighted by Gasteiger charge is -2.14. The van der Waals surface area contributed by atoms with Crippen molar-refractivity contribution in [2.24, 2.45) is 0 Å². The first-order valence-electron chi connectivity index (χ1n) is 6.91. The van der Waals surface area contributed by atoms with Gasteiger partial charge in [0.1, 0.15) is 5.82 Å². The molecule has 3 rings (SSSR count). The Morgan fingerprint density at radius 1 is 0.955 bits per heavy atom. The van der Waals surface area contributed by atoms with Crippen molar-refractivity contribution in [3.05, 3.63) is 65.1 Å². The Hall–Kier alpha value is -2.14. The molecule has 0 spiro atoms. The van der Waals surface area contributed by atoms with Crippen LogP contribution in [0.4, 0.5) is 4.39 Å². The van der Waals surface area contributed by atoms with Crippen LogP contribution in [0, 0.1) is 26.6 Å². The highest BCUT2D eigenvalue weighted by atomic mass is 32.2. The number of benzene rings is 2. The topological polar surface area (TPSA) is 39.1 Å². The molecule has 5 heteroatoms. The van der Waals surface area contributed by atoms with Crippen LogP contribution >= 0.6 is 0 Å². The van der Waals surface area contributed by atoms with Crippen molar-refractivity contribution >= 4 is 20.9 Å². The van der Waals surface area contributed by atoms with Crippen LogP contribution in [0.3, 0.4) is 0 Å². The number of aryl methyl sites for hydroxylation is 3. The third kappa shape index (κ3) is 2.22. The SMILES string of the molecule is Cc1cc(C)c(S(=O)(=O)n2ccc3ccc(F)cc32)c(C)c1. The molecular formula is C17H16FNO2S. The predicted octanol–water partition coefficient (Wildman–Crippen LogP) is 3.94. The largest absolute Gasteiger partial charge is 0.268 e. The van der Waals surface area contributed by atoms with Crippen molar-refractivity contribution in [1.29, 1.82) is 0 Å². The number of nitrogens with zero attached hydrogens (tertiary/aromatic N) is 1. The Balaban J connectivity index is 2.32. The van der Waals surface area contributed by atoms with Gasteiger partial charge >= 0.3 is 0 Å². The van der Waals surface area contributed by atoms with Gasteiger partial charge in [-0.2, -0.15) is 0 Å². The monoisotopic (exact) mass is 317 g/mol. The zero-order valence-corrected chi connectivity index (χ0v) is 13.4. The van der Waals surface area contributed by atoms with Crippen molar-refractivity contribution < 1.29 is 12.8 Å². The van der Waals surface area contributed by atoms with Gasteiger partial charge in [0.2, 0.25) is 0 Å². The molecule has 3 nitrogen and oxygen atoms in total. The first-order valence-corrected chi connectivity index (χ1v) is 8.35. The smallest absolute Gasteiger partial charge is 0.241 e. The van der Waals surface area contributed by atoms with Crippen molar-refractivity contribution in [3.8, 4) is 0 Å². The Morgan fingerprint density at radius 2 is 1.59 bits per heavy atom. The number of hydrogen-bond acceptors (Lipinski definition) is 2. The first kappa shape index (κ1) is 14.8. The quantitative estimate of drug-likeness (QED) is 0.718. The molecule has 1 aromatic heterocycles. The van der Waals surface area contributed by atoms with Crippen molar-refractivity contribution in [1.82, 2.24) is 3.97 Å². The average molecular weight is 317 g/mol. The highest BCUT2D eigenvalue weighted by Crippen LogP contribution is 2.27. The van der Waals surface area contributed by atoms with E-state index in [0.717, 1.165) is 9.54 Å². The summed E-state index contributed by atoms with van der Waals surface area (Å²) in [5, 5.41) is 0.687. The molecular weight excluding hydrogens is 301 g/mol. The van der Waals surface area contributed by atoms with E-state index >= 15 is 0 Å². The Labute approximate surface area is 129 Å². The van der Waals surface area contributed by atoms with Crippen LogP contribution in [-0.2, 0) is 10.0 Å². The molecule has 0 atom stereocenters. The molecule has 0 saturated carbocycles. The van der Waals surface area contributed by atoms with Crippen LogP contribution in [0.2, 0.25) is 0 Å². The molecule has 0 N–H and O–H groups in total. The van der Waals surface area contributed by atoms with Crippen LogP contribution < -0.4 is 0 Å². The van der Waals surface area contributed by atoms with Crippen LogP contribution in [0.15, 0.2) is 47.5 Å². The molecule has 0 saturated heterocycles. The summed E-state index contributed by atoms with van der Waals surface area (Å²) < 4.78 is 40.7. The number of fused-ring (bicyclic) bond motifs is 1. The lowest BCUT2D eigenvalue weighted by Crippen LogP contribution is -2.15. The maximum absolute atomic E-state index is 13.5. The van der Waals surface area contributed by atoms with Gasteiger partial charge in [-0.15, -0.1) is 0 Å². The number of aromatic nitrogens is 1. The van der Waals surface area contributed by atoms with E-state index in [1.807, 2.05) is 19.1 Å². The zero-order valence-electron chi connectivity index (χ0n) is 12.6. The third-order valence-corrected chi connectivity index (χ3v) is 5.74. The molecule has 0 aliphatic carbocycles. The van der Waals surface area contributed by atoms with Gasteiger partial charge in [0.05, 0.1) is 10.4 Å². The third-order valence-electron chi connectivity index (χ3n) is 3.74. The standard InChI is InChI=1S/C17H16FNO2S/c1-11-8-12(2)17(13(3)9-11)22(20,21)19-7-6-14-4-5-15(18)10-16(14)19/h4-10H,1-3H3. The Morgan fingerprint density at radius 3 is 2.23 bits per heavy atom. The zero-order chi connectivity index (χ0) is 16.1. The molecule has 0 fully saturated rings. The highest BCUT2D eigenvalue weighted by Gasteiger charge is 2.23. The lowest BCUT2D eigenvalue weighted by atomic mass is 10.1. The summed E-state index contributed by atoms with van der Waals surface area (Å²) in [4.78, 5) is 0.278. The van der Waals surface area contributed by atoms with Gasteiger partial charge in [0.15, 0.2) is 0 Å². The summed E-state index contributed by atoms with van der Waals surface area (Å²) >= 11 is 0. The van der Waals surface area contributed by atoms with E-state index in [-0.39, 0.29) is 4.90 Å². The van der Waals surface area contributed by atoms with E-state index in [1.54, 1.807) is 26.0 Å². The first-order chi connectivity index (χ1) is 10.3. The molecule has 0 aliphatic rings. The van der Waals surface area contributed by atoms with Gasteiger partial charge < -0.3 is 0 Å². The minimum atomic E-state index is -3.77. The maximum Gasteiger partial charge on any atom is 0.268 e. The number of halogens is 1. The van der Waals surface area contributed by atoms with Crippen LogP contribution in [0.1, 0.15) is 16.7 Å². The second-order valence-electron chi connectivity index (χ2n) is 5.55. The van der Waals surface area contributed by atoms with E-state index in [4.69, 9.17) is 0 Å². The highest BCUT2D eigenvalue weighted by molar-refractivity contribution is 7.90. The molecule has 3 aromatic rings. The summed E-state index contributed by atoms with van der Waals surface area (Å²) in [7, 11) is -3.77. The van der Waals surface area contributed by atoms with Gasteiger partial charge in [0.25, 0.3) is 10.0 Å². The van der Waals surface area contributed by atoms with E-state index < -0.39 is 15.8 Å². The maximum atomic E-state index is 13.5. The minimum absolute atomic E-state index is 0.278. The molecule has 1 heterocycles. The van der Waals surface area contributed by atoms with Crippen LogP contribution in [-0.4, -0.2) is 12.4 Å². The molecule has 0 unspecified atom stereocenters. The van der Waals surface area contributed by atoms with Gasteiger partial charge in [-0.1, -0.05) is 17.7 Å². The summed E-state index contributed by atoms with van der Waals surface area (Å²) in [6.07, 6.45) is 1.47. The van der Waals surface area contributed by atoms with Gasteiger partial charge in [0, 0.05) is 11.6 Å². The molecule has 2 aromatic carbocycles. The molecule has 0 amide bonds. The second-order valence-corrected chi connectivity index (χ2v) is 7.30. The number of hydrogen-bond donors (Lipinski definition) is 0. The minimum Gasteiger partial charge on any atom is -0.241 e. The second kappa shape index (κ2) is 4.95. The summed E-state index contributed by atoms with van der Waals surface area (Å²) in [5.41, 5.74) is 2.74. The lowest BCUT2D eigenvalue weighted by molar-refractivity contribution is 0.587. The molecule has 0 aliphatic heterocycles. The Bertz CT molecular complexity index is 964.